The van der Waals surface area contributed by atoms with E-state index >= 15 is 0 Å². The number of aryl methyl sites for hydroxylation is 1. The van der Waals surface area contributed by atoms with Crippen LogP contribution in [0.4, 0.5) is 16.0 Å². The normalized spacial score (nSPS) is 10.7. The van der Waals surface area contributed by atoms with Crippen molar-refractivity contribution in [2.24, 2.45) is 0 Å². The van der Waals surface area contributed by atoms with Crippen LogP contribution < -0.4 is 10.1 Å². The maximum Gasteiger partial charge on any atom is 0.230 e. The minimum atomic E-state index is -0.383. The van der Waals surface area contributed by atoms with E-state index in [1.165, 1.54) is 24.0 Å². The van der Waals surface area contributed by atoms with Crippen LogP contribution in [0, 0.1) is 12.7 Å². The molecule has 162 valence electrons. The summed E-state index contributed by atoms with van der Waals surface area (Å²) >= 11 is 1.76. The average Bonchev–Trinajstić information content (AvgIpc) is 2.78. The molecule has 0 bridgehead atoms. The molecule has 0 aliphatic rings. The number of aromatic nitrogens is 3. The van der Waals surface area contributed by atoms with E-state index in [2.05, 4.69) is 38.7 Å². The second-order valence-electron chi connectivity index (χ2n) is 7.31. The minimum Gasteiger partial charge on any atom is -0.488 e. The van der Waals surface area contributed by atoms with E-state index in [1.54, 1.807) is 17.8 Å². The van der Waals surface area contributed by atoms with Crippen molar-refractivity contribution in [1.82, 2.24) is 15.0 Å². The molecule has 0 saturated carbocycles. The van der Waals surface area contributed by atoms with E-state index in [0.29, 0.717) is 29.7 Å². The number of halogens is 1. The Balaban J connectivity index is 1.58. The fraction of sp³-hybridized carbons (Fsp3) is 0.160. The van der Waals surface area contributed by atoms with Gasteiger partial charge in [-0.05, 0) is 48.6 Å². The summed E-state index contributed by atoms with van der Waals surface area (Å²) in [6.07, 6.45) is 3.50. The Morgan fingerprint density at radius 3 is 2.66 bits per heavy atom. The lowest BCUT2D eigenvalue weighted by atomic mass is 10.1. The molecule has 0 saturated heterocycles. The quantitative estimate of drug-likeness (QED) is 0.349. The number of hydrogen-bond donors (Lipinski definition) is 1. The van der Waals surface area contributed by atoms with Gasteiger partial charge in [-0.15, -0.1) is 0 Å². The van der Waals surface area contributed by atoms with Crippen LogP contribution in [0.25, 0.3) is 11.4 Å². The van der Waals surface area contributed by atoms with Gasteiger partial charge < -0.3 is 10.1 Å². The van der Waals surface area contributed by atoms with Crippen molar-refractivity contribution in [1.29, 1.82) is 0 Å². The largest absolute Gasteiger partial charge is 0.488 e. The van der Waals surface area contributed by atoms with E-state index in [9.17, 15) is 4.39 Å². The first kappa shape index (κ1) is 21.8. The molecular formula is C25H23FN4OS. The number of thioether (sulfide) groups is 1. The molecule has 1 heterocycles. The molecule has 0 amide bonds. The number of ether oxygens (including phenoxy) is 1. The molecule has 1 aromatic heterocycles. The van der Waals surface area contributed by atoms with E-state index in [4.69, 9.17) is 4.74 Å². The highest BCUT2D eigenvalue weighted by atomic mass is 32.2. The maximum atomic E-state index is 14.0. The first-order chi connectivity index (χ1) is 15.6. The summed E-state index contributed by atoms with van der Waals surface area (Å²) in [5, 5.41) is 3.22. The van der Waals surface area contributed by atoms with Crippen LogP contribution in [0.2, 0.25) is 0 Å². The Kier molecular flexibility index (Phi) is 6.97. The van der Waals surface area contributed by atoms with E-state index in [-0.39, 0.29) is 5.82 Å². The van der Waals surface area contributed by atoms with Gasteiger partial charge in [0.2, 0.25) is 5.95 Å². The number of hydrogen-bond acceptors (Lipinski definition) is 6. The maximum absolute atomic E-state index is 14.0. The van der Waals surface area contributed by atoms with Crippen LogP contribution >= 0.6 is 11.8 Å². The third-order valence-electron chi connectivity index (χ3n) is 4.73. The van der Waals surface area contributed by atoms with E-state index < -0.39 is 0 Å². The Morgan fingerprint density at radius 2 is 1.81 bits per heavy atom. The minimum absolute atomic E-state index is 0.316. The summed E-state index contributed by atoms with van der Waals surface area (Å²) in [5.74, 6) is 1.73. The fourth-order valence-corrected chi connectivity index (χ4v) is 3.80. The van der Waals surface area contributed by atoms with Gasteiger partial charge in [-0.1, -0.05) is 42.0 Å². The molecular weight excluding hydrogens is 423 g/mol. The SMILES string of the molecule is CSCc1cccc(Nc2ncnc(-c3ccc(F)cc3OCc3cccc(C)c3)n2)c1. The van der Waals surface area contributed by atoms with Crippen molar-refractivity contribution in [2.45, 2.75) is 19.3 Å². The van der Waals surface area contributed by atoms with Crippen molar-refractivity contribution in [3.63, 3.8) is 0 Å². The number of anilines is 2. The standard InChI is InChI=1S/C25H23FN4OS/c1-17-5-3-6-18(11-17)14-31-23-13-20(26)9-10-22(23)24-27-16-28-25(30-24)29-21-8-4-7-19(12-21)15-32-2/h3-13,16H,14-15H2,1-2H3,(H,27,28,29,30). The Bertz CT molecular complexity index is 1220. The molecule has 0 atom stereocenters. The lowest BCUT2D eigenvalue weighted by Gasteiger charge is -2.12. The zero-order valence-electron chi connectivity index (χ0n) is 17.9. The van der Waals surface area contributed by atoms with Gasteiger partial charge in [0, 0.05) is 17.5 Å². The van der Waals surface area contributed by atoms with Gasteiger partial charge in [0.25, 0.3) is 0 Å². The molecule has 5 nitrogen and oxygen atoms in total. The van der Waals surface area contributed by atoms with Crippen LogP contribution in [0.5, 0.6) is 5.75 Å². The smallest absolute Gasteiger partial charge is 0.230 e. The molecule has 1 N–H and O–H groups in total. The zero-order valence-corrected chi connectivity index (χ0v) is 18.7. The predicted molar refractivity (Wildman–Crippen MR) is 128 cm³/mol. The first-order valence-corrected chi connectivity index (χ1v) is 11.5. The molecule has 0 fully saturated rings. The second kappa shape index (κ2) is 10.2. The number of rotatable bonds is 8. The third-order valence-corrected chi connectivity index (χ3v) is 5.35. The molecule has 0 radical (unpaired) electrons. The monoisotopic (exact) mass is 446 g/mol. The highest BCUT2D eigenvalue weighted by Crippen LogP contribution is 2.30. The summed E-state index contributed by atoms with van der Waals surface area (Å²) in [6, 6.07) is 20.5. The Labute approximate surface area is 191 Å². The molecule has 7 heteroatoms. The van der Waals surface area contributed by atoms with Gasteiger partial charge in [-0.25, -0.2) is 14.4 Å². The number of nitrogens with one attached hydrogen (secondary N) is 1. The van der Waals surface area contributed by atoms with Gasteiger partial charge in [-0.3, -0.25) is 0 Å². The Hall–Kier alpha value is -3.45. The molecule has 4 aromatic rings. The average molecular weight is 447 g/mol. The van der Waals surface area contributed by atoms with Crippen molar-refractivity contribution in [3.05, 3.63) is 95.6 Å². The lowest BCUT2D eigenvalue weighted by Crippen LogP contribution is -2.02. The van der Waals surface area contributed by atoms with Gasteiger partial charge in [0.1, 0.15) is 24.5 Å². The van der Waals surface area contributed by atoms with Crippen LogP contribution in [0.15, 0.2) is 73.1 Å². The van der Waals surface area contributed by atoms with E-state index in [0.717, 1.165) is 22.6 Å². The molecule has 3 aromatic carbocycles. The summed E-state index contributed by atoms with van der Waals surface area (Å²) in [6.45, 7) is 2.34. The van der Waals surface area contributed by atoms with Crippen molar-refractivity contribution in [3.8, 4) is 17.1 Å². The van der Waals surface area contributed by atoms with Crippen LogP contribution in [-0.2, 0) is 12.4 Å². The highest BCUT2D eigenvalue weighted by Gasteiger charge is 2.13. The first-order valence-electron chi connectivity index (χ1n) is 10.1. The molecule has 0 unspecified atom stereocenters. The van der Waals surface area contributed by atoms with Crippen molar-refractivity contribution >= 4 is 23.4 Å². The third kappa shape index (κ3) is 5.62. The molecule has 0 spiro atoms. The lowest BCUT2D eigenvalue weighted by molar-refractivity contribution is 0.305. The summed E-state index contributed by atoms with van der Waals surface area (Å²) < 4.78 is 19.9. The van der Waals surface area contributed by atoms with Crippen LogP contribution in [-0.4, -0.2) is 21.2 Å². The molecule has 4 rings (SSSR count). The topological polar surface area (TPSA) is 59.9 Å². The summed E-state index contributed by atoms with van der Waals surface area (Å²) in [4.78, 5) is 13.1. The zero-order chi connectivity index (χ0) is 22.3. The van der Waals surface area contributed by atoms with Gasteiger partial charge in [0.15, 0.2) is 5.82 Å². The van der Waals surface area contributed by atoms with E-state index in [1.807, 2.05) is 43.3 Å². The number of nitrogens with zero attached hydrogens (tertiary/aromatic N) is 3. The molecule has 0 aliphatic carbocycles. The van der Waals surface area contributed by atoms with Gasteiger partial charge in [-0.2, -0.15) is 16.7 Å². The van der Waals surface area contributed by atoms with Crippen LogP contribution in [0.3, 0.4) is 0 Å². The Morgan fingerprint density at radius 1 is 0.969 bits per heavy atom. The summed E-state index contributed by atoms with van der Waals surface area (Å²) in [7, 11) is 0. The van der Waals surface area contributed by atoms with Crippen LogP contribution in [0.1, 0.15) is 16.7 Å². The van der Waals surface area contributed by atoms with Crippen molar-refractivity contribution < 1.29 is 9.13 Å². The number of benzene rings is 3. The fourth-order valence-electron chi connectivity index (χ4n) is 3.28. The highest BCUT2D eigenvalue weighted by molar-refractivity contribution is 7.97. The van der Waals surface area contributed by atoms with Crippen molar-refractivity contribution in [2.75, 3.05) is 11.6 Å². The van der Waals surface area contributed by atoms with Gasteiger partial charge in [0.05, 0.1) is 5.56 Å². The second-order valence-corrected chi connectivity index (χ2v) is 8.18. The van der Waals surface area contributed by atoms with Gasteiger partial charge >= 0.3 is 0 Å². The molecule has 32 heavy (non-hydrogen) atoms. The molecule has 0 aliphatic heterocycles. The predicted octanol–water partition coefficient (Wildman–Crippen LogP) is 6.17. The summed E-state index contributed by atoms with van der Waals surface area (Å²) in [5.41, 5.74) is 4.84.